The van der Waals surface area contributed by atoms with Gasteiger partial charge in [-0.3, -0.25) is 0 Å². The van der Waals surface area contributed by atoms with Crippen molar-refractivity contribution >= 4 is 5.91 Å². The van der Waals surface area contributed by atoms with E-state index in [2.05, 4.69) is 11.1 Å². The molecule has 0 N–H and O–H groups in total. The van der Waals surface area contributed by atoms with E-state index >= 15 is 0 Å². The molecule has 4 heteroatoms. The molecular weight excluding hydrogens is 183 g/mol. The van der Waals surface area contributed by atoms with Crippen LogP contribution in [0.2, 0.25) is 0 Å². The Kier molecular flexibility index (Phi) is 4.87. The summed E-state index contributed by atoms with van der Waals surface area (Å²) in [5, 5.41) is 0. The van der Waals surface area contributed by atoms with Crippen LogP contribution in [0, 0.1) is 6.07 Å². The van der Waals surface area contributed by atoms with Gasteiger partial charge in [0.15, 0.2) is 5.91 Å². The minimum absolute atomic E-state index is 0. The van der Waals surface area contributed by atoms with Crippen LogP contribution in [0.25, 0.3) is 0 Å². The predicted octanol–water partition coefficient (Wildman–Crippen LogP) is -1.49. The van der Waals surface area contributed by atoms with E-state index in [1.54, 1.807) is 18.5 Å². The van der Waals surface area contributed by atoms with Gasteiger partial charge in [-0.05, 0) is 19.3 Å². The molecule has 1 amide bonds. The Labute approximate surface area is 102 Å². The zero-order chi connectivity index (χ0) is 9.80. The van der Waals surface area contributed by atoms with E-state index in [-0.39, 0.29) is 24.8 Å². The van der Waals surface area contributed by atoms with Gasteiger partial charge in [-0.15, -0.1) is 12.1 Å². The van der Waals surface area contributed by atoms with Gasteiger partial charge in [-0.25, -0.2) is 0 Å². The number of aromatic nitrogens is 1. The molecule has 0 unspecified atom stereocenters. The number of amides is 1. The van der Waals surface area contributed by atoms with Crippen molar-refractivity contribution in [1.29, 1.82) is 0 Å². The van der Waals surface area contributed by atoms with Gasteiger partial charge in [0, 0.05) is 13.1 Å². The largest absolute Gasteiger partial charge is 1.00 e. The van der Waals surface area contributed by atoms with E-state index in [4.69, 9.17) is 0 Å². The molecule has 1 aromatic rings. The summed E-state index contributed by atoms with van der Waals surface area (Å²) in [7, 11) is 0. The number of likely N-dealkylation sites (tertiary alicyclic amines) is 1. The number of pyridine rings is 1. The first-order chi connectivity index (χ1) is 6.88. The maximum absolute atomic E-state index is 11.9. The van der Waals surface area contributed by atoms with Crippen LogP contribution in [-0.4, -0.2) is 28.9 Å². The van der Waals surface area contributed by atoms with Gasteiger partial charge >= 0.3 is 18.9 Å². The Morgan fingerprint density at radius 3 is 2.67 bits per heavy atom. The summed E-state index contributed by atoms with van der Waals surface area (Å²) in [6.07, 6.45) is 6.68. The van der Waals surface area contributed by atoms with Crippen molar-refractivity contribution in [1.82, 2.24) is 9.88 Å². The molecule has 2 rings (SSSR count). The summed E-state index contributed by atoms with van der Waals surface area (Å²) < 4.78 is 0. The number of nitrogens with zero attached hydrogens (tertiary/aromatic N) is 2. The molecule has 1 saturated heterocycles. The molecule has 1 aliphatic heterocycles. The van der Waals surface area contributed by atoms with Crippen LogP contribution in [0.3, 0.4) is 0 Å². The monoisotopic (exact) mass is 196 g/mol. The number of hydrogen-bond donors (Lipinski definition) is 0. The maximum atomic E-state index is 11.9. The van der Waals surface area contributed by atoms with Gasteiger partial charge in [0.1, 0.15) is 0 Å². The maximum Gasteiger partial charge on any atom is 1.00 e. The fourth-order valence-electron chi connectivity index (χ4n) is 1.71. The molecule has 3 nitrogen and oxygen atoms in total. The van der Waals surface area contributed by atoms with Gasteiger partial charge < -0.3 is 14.7 Å². The third-order valence-corrected chi connectivity index (χ3v) is 2.48. The van der Waals surface area contributed by atoms with Crippen LogP contribution in [0.15, 0.2) is 18.5 Å². The van der Waals surface area contributed by atoms with E-state index in [0.29, 0.717) is 5.56 Å². The van der Waals surface area contributed by atoms with E-state index in [9.17, 15) is 4.79 Å². The minimum Gasteiger partial charge on any atom is -0.378 e. The molecule has 0 spiro atoms. The normalized spacial score (nSPS) is 15.6. The Balaban J connectivity index is 0.00000112. The van der Waals surface area contributed by atoms with Crippen molar-refractivity contribution in [2.45, 2.75) is 19.3 Å². The van der Waals surface area contributed by atoms with Gasteiger partial charge in [0.25, 0.3) is 0 Å². The molecule has 15 heavy (non-hydrogen) atoms. The third kappa shape index (κ3) is 3.09. The molecule has 1 aromatic heterocycles. The quantitative estimate of drug-likeness (QED) is 0.405. The van der Waals surface area contributed by atoms with Crippen LogP contribution in [0.1, 0.15) is 29.6 Å². The molecule has 0 radical (unpaired) electrons. The smallest absolute Gasteiger partial charge is 0.378 e. The molecule has 0 bridgehead atoms. The fourth-order valence-corrected chi connectivity index (χ4v) is 1.71. The van der Waals surface area contributed by atoms with Crippen LogP contribution >= 0.6 is 0 Å². The second kappa shape index (κ2) is 5.94. The number of carbonyl (C=O) groups is 1. The number of piperidine rings is 1. The van der Waals surface area contributed by atoms with Gasteiger partial charge in [0.05, 0.1) is 0 Å². The van der Waals surface area contributed by atoms with Gasteiger partial charge in [-0.2, -0.15) is 0 Å². The third-order valence-electron chi connectivity index (χ3n) is 2.48. The predicted molar refractivity (Wildman–Crippen MR) is 52.8 cm³/mol. The van der Waals surface area contributed by atoms with E-state index in [1.807, 2.05) is 4.90 Å². The first kappa shape index (κ1) is 12.3. The summed E-state index contributed by atoms with van der Waals surface area (Å²) in [6.45, 7) is 1.75. The molecule has 2 heterocycles. The van der Waals surface area contributed by atoms with Gasteiger partial charge in [-0.1, -0.05) is 18.0 Å². The van der Waals surface area contributed by atoms with Gasteiger partial charge in [0.2, 0.25) is 0 Å². The van der Waals surface area contributed by atoms with Crippen LogP contribution in [-0.2, 0) is 0 Å². The summed E-state index contributed by atoms with van der Waals surface area (Å²) in [6, 6.07) is 4.59. The zero-order valence-electron chi connectivity index (χ0n) is 9.07. The number of rotatable bonds is 1. The Morgan fingerprint density at radius 2 is 2.07 bits per heavy atom. The average molecular weight is 196 g/mol. The SMILES string of the molecule is O=C(c1[c-]ccnc1)N1CCCCC1.[Li+]. The Bertz CT molecular complexity index is 310. The van der Waals surface area contributed by atoms with Crippen molar-refractivity contribution in [2.24, 2.45) is 0 Å². The topological polar surface area (TPSA) is 33.2 Å². The molecule has 0 atom stereocenters. The zero-order valence-corrected chi connectivity index (χ0v) is 9.07. The molecule has 74 valence electrons. The van der Waals surface area contributed by atoms with Crippen LogP contribution in [0.4, 0.5) is 0 Å². The van der Waals surface area contributed by atoms with Crippen molar-refractivity contribution in [3.05, 3.63) is 30.1 Å². The average Bonchev–Trinajstić information content (AvgIpc) is 2.30. The minimum atomic E-state index is 0. The Morgan fingerprint density at radius 1 is 1.33 bits per heavy atom. The molecule has 1 fully saturated rings. The fraction of sp³-hybridized carbons (Fsp3) is 0.455. The van der Waals surface area contributed by atoms with Crippen molar-refractivity contribution in [2.75, 3.05) is 13.1 Å². The van der Waals surface area contributed by atoms with Crippen LogP contribution in [0.5, 0.6) is 0 Å². The molecule has 0 aromatic carbocycles. The van der Waals surface area contributed by atoms with E-state index in [0.717, 1.165) is 25.9 Å². The molecule has 1 aliphatic rings. The molecule has 0 saturated carbocycles. The summed E-state index contributed by atoms with van der Waals surface area (Å²) >= 11 is 0. The summed E-state index contributed by atoms with van der Waals surface area (Å²) in [5.74, 6) is 0.0674. The van der Waals surface area contributed by atoms with Crippen molar-refractivity contribution in [3.8, 4) is 0 Å². The first-order valence-corrected chi connectivity index (χ1v) is 4.99. The van der Waals surface area contributed by atoms with E-state index < -0.39 is 0 Å². The van der Waals surface area contributed by atoms with Crippen molar-refractivity contribution in [3.63, 3.8) is 0 Å². The molecular formula is C11H13LiN2O. The first-order valence-electron chi connectivity index (χ1n) is 4.99. The number of carbonyl (C=O) groups excluding carboxylic acids is 1. The summed E-state index contributed by atoms with van der Waals surface area (Å²) in [5.41, 5.74) is 0.578. The van der Waals surface area contributed by atoms with E-state index in [1.165, 1.54) is 6.42 Å². The second-order valence-corrected chi connectivity index (χ2v) is 3.50. The van der Waals surface area contributed by atoms with Crippen LogP contribution < -0.4 is 18.9 Å². The molecule has 0 aliphatic carbocycles. The second-order valence-electron chi connectivity index (χ2n) is 3.50. The Hall–Kier alpha value is -0.783. The summed E-state index contributed by atoms with van der Waals surface area (Å²) in [4.78, 5) is 17.7. The van der Waals surface area contributed by atoms with Crippen molar-refractivity contribution < 1.29 is 23.7 Å². The standard InChI is InChI=1S/C11H13N2O.Li/c14-11(10-5-4-6-12-9-10)13-7-2-1-3-8-13;/h4,6,9H,1-3,7-8H2;/q-1;+1. The number of hydrogen-bond acceptors (Lipinski definition) is 2.